The Morgan fingerprint density at radius 2 is 2.00 bits per heavy atom. The normalized spacial score (nSPS) is 12.1. The Kier molecular flexibility index (Phi) is 5.18. The van der Waals surface area contributed by atoms with E-state index < -0.39 is 0 Å². The van der Waals surface area contributed by atoms with Gasteiger partial charge in [-0.15, -0.1) is 11.3 Å². The number of ether oxygens (including phenoxy) is 2. The molecule has 1 aromatic heterocycles. The molecule has 19 heavy (non-hydrogen) atoms. The van der Waals surface area contributed by atoms with Gasteiger partial charge in [-0.25, -0.2) is 4.98 Å². The lowest BCUT2D eigenvalue weighted by Crippen LogP contribution is -2.24. The summed E-state index contributed by atoms with van der Waals surface area (Å²) in [5.41, 5.74) is 0. The molecule has 0 bridgehead atoms. The Morgan fingerprint density at radius 3 is 2.63 bits per heavy atom. The Morgan fingerprint density at radius 1 is 1.26 bits per heavy atom. The standard InChI is InChI=1S/C14H18N2O2S/c1-11(14-16-8-10-19-14)15-7-9-18-13-5-3-12(17-2)4-6-13/h3-6,8,10-11,15H,7,9H2,1-2H3. The van der Waals surface area contributed by atoms with Gasteiger partial charge in [0.15, 0.2) is 0 Å². The highest BCUT2D eigenvalue weighted by Crippen LogP contribution is 2.17. The van der Waals surface area contributed by atoms with Crippen LogP contribution in [0.3, 0.4) is 0 Å². The Bertz CT molecular complexity index is 471. The van der Waals surface area contributed by atoms with Gasteiger partial charge in [-0.2, -0.15) is 0 Å². The zero-order valence-electron chi connectivity index (χ0n) is 11.1. The Labute approximate surface area is 117 Å². The van der Waals surface area contributed by atoms with Crippen molar-refractivity contribution in [3.05, 3.63) is 40.8 Å². The third kappa shape index (κ3) is 4.22. The highest BCUT2D eigenvalue weighted by molar-refractivity contribution is 7.09. The van der Waals surface area contributed by atoms with Crippen LogP contribution in [0.4, 0.5) is 0 Å². The quantitative estimate of drug-likeness (QED) is 0.791. The lowest BCUT2D eigenvalue weighted by molar-refractivity contribution is 0.307. The monoisotopic (exact) mass is 278 g/mol. The second-order valence-corrected chi connectivity index (χ2v) is 5.00. The third-order valence-corrected chi connectivity index (χ3v) is 3.66. The van der Waals surface area contributed by atoms with Crippen molar-refractivity contribution in [2.24, 2.45) is 0 Å². The molecule has 0 fully saturated rings. The molecule has 1 atom stereocenters. The largest absolute Gasteiger partial charge is 0.497 e. The van der Waals surface area contributed by atoms with Crippen LogP contribution >= 0.6 is 11.3 Å². The van der Waals surface area contributed by atoms with Gasteiger partial charge in [0, 0.05) is 18.1 Å². The molecule has 5 heteroatoms. The first-order valence-corrected chi connectivity index (χ1v) is 7.07. The van der Waals surface area contributed by atoms with Gasteiger partial charge in [0.25, 0.3) is 0 Å². The lowest BCUT2D eigenvalue weighted by atomic mass is 10.3. The van der Waals surface area contributed by atoms with Crippen molar-refractivity contribution in [1.29, 1.82) is 0 Å². The molecule has 4 nitrogen and oxygen atoms in total. The molecular formula is C14H18N2O2S. The van der Waals surface area contributed by atoms with Gasteiger partial charge in [-0.05, 0) is 31.2 Å². The summed E-state index contributed by atoms with van der Waals surface area (Å²) in [6, 6.07) is 7.85. The summed E-state index contributed by atoms with van der Waals surface area (Å²) >= 11 is 1.66. The maximum absolute atomic E-state index is 5.64. The van der Waals surface area contributed by atoms with Crippen molar-refractivity contribution in [1.82, 2.24) is 10.3 Å². The van der Waals surface area contributed by atoms with Gasteiger partial charge >= 0.3 is 0 Å². The minimum absolute atomic E-state index is 0.263. The van der Waals surface area contributed by atoms with Crippen LogP contribution in [-0.4, -0.2) is 25.2 Å². The minimum Gasteiger partial charge on any atom is -0.497 e. The van der Waals surface area contributed by atoms with E-state index in [0.29, 0.717) is 6.61 Å². The van der Waals surface area contributed by atoms with Gasteiger partial charge in [0.2, 0.25) is 0 Å². The molecule has 0 spiro atoms. The first-order chi connectivity index (χ1) is 9.29. The van der Waals surface area contributed by atoms with Gasteiger partial charge < -0.3 is 14.8 Å². The molecule has 0 saturated heterocycles. The number of aromatic nitrogens is 1. The molecule has 102 valence electrons. The number of rotatable bonds is 7. The maximum Gasteiger partial charge on any atom is 0.119 e. The molecule has 0 radical (unpaired) electrons. The number of nitrogens with one attached hydrogen (secondary N) is 1. The molecule has 0 aliphatic rings. The van der Waals surface area contributed by atoms with Gasteiger partial charge in [0.05, 0.1) is 13.2 Å². The summed E-state index contributed by atoms with van der Waals surface area (Å²) in [6.45, 7) is 3.51. The van der Waals surface area contributed by atoms with Gasteiger partial charge in [-0.1, -0.05) is 0 Å². The first kappa shape index (κ1) is 13.8. The Balaban J connectivity index is 1.68. The van der Waals surface area contributed by atoms with E-state index in [1.807, 2.05) is 35.8 Å². The van der Waals surface area contributed by atoms with Crippen molar-refractivity contribution in [2.75, 3.05) is 20.3 Å². The van der Waals surface area contributed by atoms with E-state index in [1.54, 1.807) is 18.4 Å². The number of thiazole rings is 1. The highest BCUT2D eigenvalue weighted by Gasteiger charge is 2.06. The van der Waals surface area contributed by atoms with E-state index in [0.717, 1.165) is 23.1 Å². The van der Waals surface area contributed by atoms with Crippen LogP contribution in [-0.2, 0) is 0 Å². The molecule has 1 aromatic carbocycles. The summed E-state index contributed by atoms with van der Waals surface area (Å²) in [5, 5.41) is 6.46. The van der Waals surface area contributed by atoms with Crippen molar-refractivity contribution in [3.63, 3.8) is 0 Å². The summed E-state index contributed by atoms with van der Waals surface area (Å²) < 4.78 is 10.7. The number of hydrogen-bond donors (Lipinski definition) is 1. The molecule has 1 heterocycles. The molecule has 0 saturated carbocycles. The van der Waals surface area contributed by atoms with Crippen LogP contribution in [0.15, 0.2) is 35.8 Å². The number of benzene rings is 1. The van der Waals surface area contributed by atoms with Crippen LogP contribution in [0, 0.1) is 0 Å². The van der Waals surface area contributed by atoms with E-state index in [2.05, 4.69) is 17.2 Å². The van der Waals surface area contributed by atoms with Crippen molar-refractivity contribution < 1.29 is 9.47 Å². The fourth-order valence-corrected chi connectivity index (χ4v) is 2.32. The van der Waals surface area contributed by atoms with Gasteiger partial charge in [-0.3, -0.25) is 0 Å². The van der Waals surface area contributed by atoms with E-state index in [9.17, 15) is 0 Å². The van der Waals surface area contributed by atoms with Crippen LogP contribution in [0.5, 0.6) is 11.5 Å². The second-order valence-electron chi connectivity index (χ2n) is 4.07. The zero-order chi connectivity index (χ0) is 13.5. The predicted molar refractivity (Wildman–Crippen MR) is 77.0 cm³/mol. The molecule has 2 rings (SSSR count). The molecule has 0 amide bonds. The van der Waals surface area contributed by atoms with E-state index in [1.165, 1.54) is 0 Å². The minimum atomic E-state index is 0.263. The zero-order valence-corrected chi connectivity index (χ0v) is 11.9. The van der Waals surface area contributed by atoms with Crippen LogP contribution < -0.4 is 14.8 Å². The number of methoxy groups -OCH3 is 1. The fourth-order valence-electron chi connectivity index (χ4n) is 1.65. The molecule has 0 aliphatic carbocycles. The smallest absolute Gasteiger partial charge is 0.119 e. The molecule has 1 unspecified atom stereocenters. The van der Waals surface area contributed by atoms with E-state index in [-0.39, 0.29) is 6.04 Å². The van der Waals surface area contributed by atoms with Crippen LogP contribution in [0.2, 0.25) is 0 Å². The molecule has 0 aliphatic heterocycles. The highest BCUT2D eigenvalue weighted by atomic mass is 32.1. The SMILES string of the molecule is COc1ccc(OCCNC(C)c2nccs2)cc1. The van der Waals surface area contributed by atoms with Gasteiger partial charge in [0.1, 0.15) is 23.1 Å². The first-order valence-electron chi connectivity index (χ1n) is 6.19. The number of nitrogens with zero attached hydrogens (tertiary/aromatic N) is 1. The average Bonchev–Trinajstić information content (AvgIpc) is 2.98. The topological polar surface area (TPSA) is 43.4 Å². The summed E-state index contributed by atoms with van der Waals surface area (Å²) in [4.78, 5) is 4.27. The predicted octanol–water partition coefficient (Wildman–Crippen LogP) is 2.88. The van der Waals surface area contributed by atoms with Crippen molar-refractivity contribution in [2.45, 2.75) is 13.0 Å². The van der Waals surface area contributed by atoms with E-state index in [4.69, 9.17) is 9.47 Å². The summed E-state index contributed by atoms with van der Waals surface area (Å²) in [6.07, 6.45) is 1.83. The van der Waals surface area contributed by atoms with Crippen molar-refractivity contribution >= 4 is 11.3 Å². The average molecular weight is 278 g/mol. The molecule has 2 aromatic rings. The third-order valence-electron chi connectivity index (χ3n) is 2.70. The second kappa shape index (κ2) is 7.11. The van der Waals surface area contributed by atoms with E-state index >= 15 is 0 Å². The number of hydrogen-bond acceptors (Lipinski definition) is 5. The van der Waals surface area contributed by atoms with Crippen molar-refractivity contribution in [3.8, 4) is 11.5 Å². The summed E-state index contributed by atoms with van der Waals surface area (Å²) in [7, 11) is 1.65. The fraction of sp³-hybridized carbons (Fsp3) is 0.357. The molecular weight excluding hydrogens is 260 g/mol. The molecule has 1 N–H and O–H groups in total. The van der Waals surface area contributed by atoms with Crippen LogP contribution in [0.1, 0.15) is 18.0 Å². The lowest BCUT2D eigenvalue weighted by Gasteiger charge is -2.12. The Hall–Kier alpha value is -1.59. The maximum atomic E-state index is 5.64. The van der Waals surface area contributed by atoms with Crippen LogP contribution in [0.25, 0.3) is 0 Å². The summed E-state index contributed by atoms with van der Waals surface area (Å²) in [5.74, 6) is 1.69.